The molecule has 0 fully saturated rings. The molecule has 0 aromatic heterocycles. The van der Waals surface area contributed by atoms with Gasteiger partial charge in [0.15, 0.2) is 5.78 Å². The minimum Gasteiger partial charge on any atom is -0.295 e. The Kier molecular flexibility index (Phi) is 2.08. The maximum absolute atomic E-state index is 11.2. The standard InChI is InChI=1S/C11H9BrO/c1-7(13)8-5-6-10-9(8)3-2-4-11(10)12/h2-5H,6H2,1H3. The SMILES string of the molecule is CC(=O)C1=CCc2c(Br)cccc21. The largest absolute Gasteiger partial charge is 0.295 e. The van der Waals surface area contributed by atoms with E-state index < -0.39 is 0 Å². The van der Waals surface area contributed by atoms with Gasteiger partial charge in [-0.05, 0) is 30.5 Å². The number of fused-ring (bicyclic) bond motifs is 1. The number of Topliss-reactive ketones (excluding diaryl/α,β-unsaturated/α-hetero) is 1. The average Bonchev–Trinajstić information content (AvgIpc) is 2.48. The van der Waals surface area contributed by atoms with Crippen LogP contribution in [0.2, 0.25) is 0 Å². The molecule has 0 amide bonds. The van der Waals surface area contributed by atoms with Gasteiger partial charge in [-0.1, -0.05) is 34.1 Å². The van der Waals surface area contributed by atoms with Gasteiger partial charge in [-0.15, -0.1) is 0 Å². The van der Waals surface area contributed by atoms with Crippen LogP contribution in [-0.2, 0) is 11.2 Å². The van der Waals surface area contributed by atoms with Crippen LogP contribution >= 0.6 is 15.9 Å². The van der Waals surface area contributed by atoms with Crippen LogP contribution in [0, 0.1) is 0 Å². The van der Waals surface area contributed by atoms with Gasteiger partial charge >= 0.3 is 0 Å². The highest BCUT2D eigenvalue weighted by Gasteiger charge is 2.18. The van der Waals surface area contributed by atoms with E-state index in [0.29, 0.717) is 0 Å². The van der Waals surface area contributed by atoms with Crippen molar-refractivity contribution in [3.05, 3.63) is 39.9 Å². The molecule has 1 aromatic rings. The molecule has 0 bridgehead atoms. The number of ketones is 1. The van der Waals surface area contributed by atoms with Crippen molar-refractivity contribution in [3.8, 4) is 0 Å². The number of benzene rings is 1. The highest BCUT2D eigenvalue weighted by Crippen LogP contribution is 2.32. The zero-order valence-electron chi connectivity index (χ0n) is 7.30. The molecule has 0 saturated heterocycles. The molecule has 0 radical (unpaired) electrons. The van der Waals surface area contributed by atoms with E-state index in [4.69, 9.17) is 0 Å². The second-order valence-electron chi connectivity index (χ2n) is 3.14. The summed E-state index contributed by atoms with van der Waals surface area (Å²) >= 11 is 3.48. The maximum atomic E-state index is 11.2. The third-order valence-corrected chi connectivity index (χ3v) is 3.04. The molecule has 0 spiro atoms. The molecule has 66 valence electrons. The lowest BCUT2D eigenvalue weighted by Crippen LogP contribution is -1.93. The van der Waals surface area contributed by atoms with Crippen molar-refractivity contribution in [1.82, 2.24) is 0 Å². The first-order valence-electron chi connectivity index (χ1n) is 4.19. The van der Waals surface area contributed by atoms with Crippen molar-refractivity contribution in [2.24, 2.45) is 0 Å². The Hall–Kier alpha value is -0.890. The van der Waals surface area contributed by atoms with Crippen LogP contribution in [-0.4, -0.2) is 5.78 Å². The normalized spacial score (nSPS) is 13.8. The van der Waals surface area contributed by atoms with Crippen molar-refractivity contribution >= 4 is 27.3 Å². The van der Waals surface area contributed by atoms with E-state index in [-0.39, 0.29) is 5.78 Å². The molecular weight excluding hydrogens is 228 g/mol. The molecule has 0 unspecified atom stereocenters. The van der Waals surface area contributed by atoms with Gasteiger partial charge in [0, 0.05) is 10.0 Å². The minimum absolute atomic E-state index is 0.150. The molecule has 1 aromatic carbocycles. The molecule has 0 aliphatic heterocycles. The highest BCUT2D eigenvalue weighted by molar-refractivity contribution is 9.10. The van der Waals surface area contributed by atoms with Gasteiger partial charge in [0.1, 0.15) is 0 Å². The lowest BCUT2D eigenvalue weighted by Gasteiger charge is -2.03. The average molecular weight is 237 g/mol. The first-order chi connectivity index (χ1) is 6.20. The fourth-order valence-corrected chi connectivity index (χ4v) is 2.19. The van der Waals surface area contributed by atoms with Crippen LogP contribution < -0.4 is 0 Å². The van der Waals surface area contributed by atoms with Gasteiger partial charge in [0.05, 0.1) is 0 Å². The predicted octanol–water partition coefficient (Wildman–Crippen LogP) is 2.98. The highest BCUT2D eigenvalue weighted by atomic mass is 79.9. The summed E-state index contributed by atoms with van der Waals surface area (Å²) < 4.78 is 1.09. The molecule has 0 atom stereocenters. The summed E-state index contributed by atoms with van der Waals surface area (Å²) in [7, 11) is 0. The van der Waals surface area contributed by atoms with Gasteiger partial charge in [0.25, 0.3) is 0 Å². The molecule has 1 aliphatic carbocycles. The van der Waals surface area contributed by atoms with E-state index in [0.717, 1.165) is 22.0 Å². The Balaban J connectivity index is 2.56. The van der Waals surface area contributed by atoms with Gasteiger partial charge < -0.3 is 0 Å². The van der Waals surface area contributed by atoms with Crippen LogP contribution in [0.3, 0.4) is 0 Å². The molecule has 2 rings (SSSR count). The van der Waals surface area contributed by atoms with E-state index in [1.54, 1.807) is 6.92 Å². The number of carbonyl (C=O) groups excluding carboxylic acids is 1. The second-order valence-corrected chi connectivity index (χ2v) is 4.00. The Morgan fingerprint density at radius 3 is 2.92 bits per heavy atom. The number of halogens is 1. The van der Waals surface area contributed by atoms with Crippen LogP contribution in [0.1, 0.15) is 18.1 Å². The fourth-order valence-electron chi connectivity index (χ4n) is 1.67. The molecule has 0 saturated carbocycles. The Morgan fingerprint density at radius 1 is 1.46 bits per heavy atom. The molecule has 0 heterocycles. The van der Waals surface area contributed by atoms with Crippen molar-refractivity contribution in [2.45, 2.75) is 13.3 Å². The molecule has 0 N–H and O–H groups in total. The summed E-state index contributed by atoms with van der Waals surface area (Å²) in [4.78, 5) is 11.2. The molecule has 1 nitrogen and oxygen atoms in total. The first-order valence-corrected chi connectivity index (χ1v) is 4.98. The predicted molar refractivity (Wildman–Crippen MR) is 56.5 cm³/mol. The van der Waals surface area contributed by atoms with Crippen LogP contribution in [0.15, 0.2) is 28.7 Å². The van der Waals surface area contributed by atoms with Crippen molar-refractivity contribution in [3.63, 3.8) is 0 Å². The maximum Gasteiger partial charge on any atom is 0.160 e. The van der Waals surface area contributed by atoms with E-state index in [1.807, 2.05) is 24.3 Å². The summed E-state index contributed by atoms with van der Waals surface area (Å²) in [6.45, 7) is 1.61. The van der Waals surface area contributed by atoms with Gasteiger partial charge in [-0.25, -0.2) is 0 Å². The van der Waals surface area contributed by atoms with E-state index in [1.165, 1.54) is 5.56 Å². The van der Waals surface area contributed by atoms with Crippen LogP contribution in [0.4, 0.5) is 0 Å². The van der Waals surface area contributed by atoms with Crippen molar-refractivity contribution in [2.75, 3.05) is 0 Å². The number of hydrogen-bond acceptors (Lipinski definition) is 1. The summed E-state index contributed by atoms with van der Waals surface area (Å²) in [6.07, 6.45) is 2.86. The number of allylic oxidation sites excluding steroid dienone is 2. The Labute approximate surface area is 85.6 Å². The summed E-state index contributed by atoms with van der Waals surface area (Å²) in [6, 6.07) is 5.97. The second kappa shape index (κ2) is 3.11. The van der Waals surface area contributed by atoms with Gasteiger partial charge in [0.2, 0.25) is 0 Å². The van der Waals surface area contributed by atoms with Crippen molar-refractivity contribution in [1.29, 1.82) is 0 Å². The monoisotopic (exact) mass is 236 g/mol. The van der Waals surface area contributed by atoms with Crippen LogP contribution in [0.5, 0.6) is 0 Å². The zero-order valence-corrected chi connectivity index (χ0v) is 8.89. The zero-order chi connectivity index (χ0) is 9.42. The summed E-state index contributed by atoms with van der Waals surface area (Å²) in [5.41, 5.74) is 3.17. The van der Waals surface area contributed by atoms with Crippen LogP contribution in [0.25, 0.3) is 5.57 Å². The molecule has 1 aliphatic rings. The Bertz CT molecular complexity index is 405. The summed E-state index contributed by atoms with van der Waals surface area (Å²) in [5.74, 6) is 0.150. The third-order valence-electron chi connectivity index (χ3n) is 2.30. The van der Waals surface area contributed by atoms with Gasteiger partial charge in [-0.3, -0.25) is 4.79 Å². The Morgan fingerprint density at radius 2 is 2.23 bits per heavy atom. The lowest BCUT2D eigenvalue weighted by molar-refractivity contribution is -0.111. The minimum atomic E-state index is 0.150. The van der Waals surface area contributed by atoms with E-state index in [9.17, 15) is 4.79 Å². The molecular formula is C11H9BrO. The summed E-state index contributed by atoms with van der Waals surface area (Å²) in [5, 5.41) is 0. The molecule has 13 heavy (non-hydrogen) atoms. The number of rotatable bonds is 1. The first kappa shape index (κ1) is 8.70. The molecule has 2 heteroatoms. The van der Waals surface area contributed by atoms with E-state index >= 15 is 0 Å². The topological polar surface area (TPSA) is 17.1 Å². The quantitative estimate of drug-likeness (QED) is 0.733. The van der Waals surface area contributed by atoms with Crippen molar-refractivity contribution < 1.29 is 4.79 Å². The van der Waals surface area contributed by atoms with Gasteiger partial charge in [-0.2, -0.15) is 0 Å². The fraction of sp³-hybridized carbons (Fsp3) is 0.182. The lowest BCUT2D eigenvalue weighted by atomic mass is 10.0. The third kappa shape index (κ3) is 1.35. The smallest absolute Gasteiger partial charge is 0.160 e. The van der Waals surface area contributed by atoms with E-state index in [2.05, 4.69) is 15.9 Å². The number of hydrogen-bond donors (Lipinski definition) is 0. The number of carbonyl (C=O) groups is 1.